The van der Waals surface area contributed by atoms with Crippen LogP contribution in [0.15, 0.2) is 18.3 Å². The van der Waals surface area contributed by atoms with Crippen LogP contribution in [-0.4, -0.2) is 35.0 Å². The maximum atomic E-state index is 13.1. The second-order valence-electron chi connectivity index (χ2n) is 6.31. The Morgan fingerprint density at radius 3 is 2.62 bits per heavy atom. The molecule has 2 aromatic rings. The van der Waals surface area contributed by atoms with Gasteiger partial charge in [-0.2, -0.15) is 18.4 Å². The van der Waals surface area contributed by atoms with Crippen molar-refractivity contribution in [3.05, 3.63) is 35.0 Å². The summed E-state index contributed by atoms with van der Waals surface area (Å²) < 4.78 is 39.3. The number of β-amino-alcohol motifs (C(OH)–C–C–N with tert-alkyl or cyclic N) is 1. The number of halogens is 3. The molecule has 7 heteroatoms. The number of hydrogen-bond donors (Lipinski definition) is 1. The molecule has 0 spiro atoms. The first kappa shape index (κ1) is 16.5. The van der Waals surface area contributed by atoms with Gasteiger partial charge in [-0.25, -0.2) is 0 Å². The molecular weight excluding hydrogens is 319 g/mol. The first-order valence-corrected chi connectivity index (χ1v) is 7.50. The van der Waals surface area contributed by atoms with Crippen molar-refractivity contribution in [3.8, 4) is 6.07 Å². The molecule has 126 valence electrons. The van der Waals surface area contributed by atoms with Crippen LogP contribution in [0.3, 0.4) is 0 Å². The second kappa shape index (κ2) is 5.35. The van der Waals surface area contributed by atoms with Crippen LogP contribution in [0, 0.1) is 25.2 Å². The standard InChI is InChI=1S/C17H16F3N3O/c1-10-5-11(2)14-13(6-10)15(12(7-21)8-22-14)23-4-3-16(24,9-23)17(18,19)20/h5-6,8,24H,3-4,9H2,1-2H3. The molecule has 4 nitrogen and oxygen atoms in total. The van der Waals surface area contributed by atoms with E-state index in [1.54, 1.807) is 0 Å². The van der Waals surface area contributed by atoms with Crippen LogP contribution in [0.1, 0.15) is 23.1 Å². The van der Waals surface area contributed by atoms with Crippen LogP contribution >= 0.6 is 0 Å². The van der Waals surface area contributed by atoms with Gasteiger partial charge in [0.1, 0.15) is 6.07 Å². The van der Waals surface area contributed by atoms with Crippen LogP contribution < -0.4 is 4.90 Å². The number of nitrogens with zero attached hydrogens (tertiary/aromatic N) is 3. The van der Waals surface area contributed by atoms with Gasteiger partial charge in [-0.15, -0.1) is 0 Å². The lowest BCUT2D eigenvalue weighted by molar-refractivity contribution is -0.250. The van der Waals surface area contributed by atoms with Crippen molar-refractivity contribution in [3.63, 3.8) is 0 Å². The molecule has 0 radical (unpaired) electrons. The molecule has 1 N–H and O–H groups in total. The van der Waals surface area contributed by atoms with E-state index >= 15 is 0 Å². The van der Waals surface area contributed by atoms with Crippen LogP contribution in [0.5, 0.6) is 0 Å². The Morgan fingerprint density at radius 2 is 2.04 bits per heavy atom. The van der Waals surface area contributed by atoms with Crippen molar-refractivity contribution in [2.45, 2.75) is 32.0 Å². The minimum Gasteiger partial charge on any atom is -0.379 e. The minimum absolute atomic E-state index is 0.0246. The molecule has 1 unspecified atom stereocenters. The summed E-state index contributed by atoms with van der Waals surface area (Å²) >= 11 is 0. The quantitative estimate of drug-likeness (QED) is 0.869. The molecule has 1 atom stereocenters. The van der Waals surface area contributed by atoms with Gasteiger partial charge in [-0.1, -0.05) is 11.6 Å². The Bertz CT molecular complexity index is 857. The predicted octanol–water partition coefficient (Wildman–Crippen LogP) is 3.23. The van der Waals surface area contributed by atoms with E-state index < -0.39 is 24.7 Å². The molecule has 0 bridgehead atoms. The largest absolute Gasteiger partial charge is 0.418 e. The third-order valence-electron chi connectivity index (χ3n) is 4.49. The number of anilines is 1. The lowest BCUT2D eigenvalue weighted by atomic mass is 10.0. The van der Waals surface area contributed by atoms with Crippen molar-refractivity contribution < 1.29 is 18.3 Å². The fraction of sp³-hybridized carbons (Fsp3) is 0.412. The lowest BCUT2D eigenvalue weighted by Gasteiger charge is -2.27. The smallest absolute Gasteiger partial charge is 0.379 e. The first-order valence-electron chi connectivity index (χ1n) is 7.50. The number of nitriles is 1. The van der Waals surface area contributed by atoms with E-state index in [0.29, 0.717) is 16.6 Å². The zero-order chi connectivity index (χ0) is 17.7. The Hall–Kier alpha value is -2.33. The van der Waals surface area contributed by atoms with Gasteiger partial charge in [0.2, 0.25) is 0 Å². The van der Waals surface area contributed by atoms with E-state index in [-0.39, 0.29) is 12.1 Å². The number of aromatic nitrogens is 1. The summed E-state index contributed by atoms with van der Waals surface area (Å²) in [5.74, 6) is 0. The summed E-state index contributed by atoms with van der Waals surface area (Å²) in [6, 6.07) is 5.75. The van der Waals surface area contributed by atoms with Gasteiger partial charge in [0, 0.05) is 24.5 Å². The van der Waals surface area contributed by atoms with E-state index in [1.165, 1.54) is 11.1 Å². The minimum atomic E-state index is -4.71. The predicted molar refractivity (Wildman–Crippen MR) is 83.8 cm³/mol. The molecule has 0 aliphatic carbocycles. The Morgan fingerprint density at radius 1 is 1.33 bits per heavy atom. The van der Waals surface area contributed by atoms with E-state index in [4.69, 9.17) is 0 Å². The molecule has 24 heavy (non-hydrogen) atoms. The van der Waals surface area contributed by atoms with Gasteiger partial charge in [0.25, 0.3) is 0 Å². The third kappa shape index (κ3) is 2.47. The molecule has 0 saturated carbocycles. The van der Waals surface area contributed by atoms with Crippen molar-refractivity contribution in [2.75, 3.05) is 18.0 Å². The fourth-order valence-corrected chi connectivity index (χ4v) is 3.29. The summed E-state index contributed by atoms with van der Waals surface area (Å²) in [7, 11) is 0. The maximum Gasteiger partial charge on any atom is 0.418 e. The highest BCUT2D eigenvalue weighted by atomic mass is 19.4. The summed E-state index contributed by atoms with van der Waals surface area (Å²) in [5.41, 5.74) is 0.337. The van der Waals surface area contributed by atoms with Crippen LogP contribution in [0.2, 0.25) is 0 Å². The van der Waals surface area contributed by atoms with Gasteiger partial charge in [-0.05, 0) is 25.5 Å². The van der Waals surface area contributed by atoms with Crippen molar-refractivity contribution in [1.82, 2.24) is 4.98 Å². The molecule has 2 heterocycles. The molecular formula is C17H16F3N3O. The number of pyridine rings is 1. The highest BCUT2D eigenvalue weighted by Gasteiger charge is 2.57. The first-order chi connectivity index (χ1) is 11.2. The average molecular weight is 335 g/mol. The van der Waals surface area contributed by atoms with Gasteiger partial charge in [0.05, 0.1) is 23.3 Å². The SMILES string of the molecule is Cc1cc(C)c2ncc(C#N)c(N3CCC(O)(C(F)(F)F)C3)c2c1. The van der Waals surface area contributed by atoms with Crippen LogP contribution in [-0.2, 0) is 0 Å². The molecule has 1 aliphatic heterocycles. The molecule has 1 aliphatic rings. The topological polar surface area (TPSA) is 60.2 Å². The normalized spacial score (nSPS) is 21.3. The Kier molecular flexibility index (Phi) is 3.68. The van der Waals surface area contributed by atoms with Gasteiger partial charge in [0.15, 0.2) is 5.60 Å². The van der Waals surface area contributed by atoms with Crippen LogP contribution in [0.25, 0.3) is 10.9 Å². The van der Waals surface area contributed by atoms with Crippen molar-refractivity contribution >= 4 is 16.6 Å². The number of fused-ring (bicyclic) bond motifs is 1. The average Bonchev–Trinajstić information content (AvgIpc) is 2.89. The molecule has 1 aromatic carbocycles. The number of benzene rings is 1. The monoisotopic (exact) mass is 335 g/mol. The number of rotatable bonds is 1. The van der Waals surface area contributed by atoms with Gasteiger partial charge in [-0.3, -0.25) is 4.98 Å². The second-order valence-corrected chi connectivity index (χ2v) is 6.31. The number of aryl methyl sites for hydroxylation is 2. The highest BCUT2D eigenvalue weighted by Crippen LogP contribution is 2.41. The fourth-order valence-electron chi connectivity index (χ4n) is 3.29. The number of aliphatic hydroxyl groups is 1. The van der Waals surface area contributed by atoms with E-state index in [1.807, 2.05) is 32.0 Å². The van der Waals surface area contributed by atoms with Gasteiger partial charge >= 0.3 is 6.18 Å². The van der Waals surface area contributed by atoms with Gasteiger partial charge < -0.3 is 10.0 Å². The number of alkyl halides is 3. The summed E-state index contributed by atoms with van der Waals surface area (Å²) in [5, 5.41) is 19.9. The Balaban J connectivity index is 2.18. The molecule has 1 saturated heterocycles. The highest BCUT2D eigenvalue weighted by molar-refractivity contribution is 5.96. The summed E-state index contributed by atoms with van der Waals surface area (Å²) in [6.07, 6.45) is -3.75. The van der Waals surface area contributed by atoms with E-state index in [9.17, 15) is 23.5 Å². The Labute approximate surface area is 137 Å². The van der Waals surface area contributed by atoms with Crippen molar-refractivity contribution in [1.29, 1.82) is 5.26 Å². The summed E-state index contributed by atoms with van der Waals surface area (Å²) in [6.45, 7) is 3.19. The summed E-state index contributed by atoms with van der Waals surface area (Å²) in [4.78, 5) is 5.72. The molecule has 1 aromatic heterocycles. The zero-order valence-corrected chi connectivity index (χ0v) is 13.3. The zero-order valence-electron chi connectivity index (χ0n) is 13.3. The maximum absolute atomic E-state index is 13.1. The lowest BCUT2D eigenvalue weighted by Crippen LogP contribution is -2.47. The third-order valence-corrected chi connectivity index (χ3v) is 4.49. The molecule has 3 rings (SSSR count). The number of hydrogen-bond acceptors (Lipinski definition) is 4. The van der Waals surface area contributed by atoms with E-state index in [2.05, 4.69) is 4.98 Å². The van der Waals surface area contributed by atoms with E-state index in [0.717, 1.165) is 11.1 Å². The van der Waals surface area contributed by atoms with Crippen LogP contribution in [0.4, 0.5) is 18.9 Å². The molecule has 1 fully saturated rings. The molecule has 0 amide bonds. The van der Waals surface area contributed by atoms with Crippen molar-refractivity contribution in [2.24, 2.45) is 0 Å².